The topological polar surface area (TPSA) is 56.9 Å². The Morgan fingerprint density at radius 2 is 1.81 bits per heavy atom. The second-order valence-corrected chi connectivity index (χ2v) is 9.21. The maximum Gasteiger partial charge on any atom is 0.230 e. The zero-order valence-electron chi connectivity index (χ0n) is 17.6. The number of hydrogen-bond donors (Lipinski definition) is 1. The average molecular weight is 472 g/mol. The van der Waals surface area contributed by atoms with Crippen molar-refractivity contribution in [2.45, 2.75) is 19.4 Å². The molecule has 166 valence electrons. The highest BCUT2D eigenvalue weighted by Crippen LogP contribution is 2.42. The van der Waals surface area contributed by atoms with Gasteiger partial charge in [0.2, 0.25) is 10.8 Å². The Morgan fingerprint density at radius 3 is 2.47 bits per heavy atom. The number of nitrogens with zero attached hydrogens (tertiary/aromatic N) is 5. The van der Waals surface area contributed by atoms with Crippen molar-refractivity contribution in [3.8, 4) is 5.88 Å². The fourth-order valence-electron chi connectivity index (χ4n) is 4.21. The van der Waals surface area contributed by atoms with Crippen molar-refractivity contribution in [3.05, 3.63) is 75.6 Å². The van der Waals surface area contributed by atoms with Gasteiger partial charge in [-0.3, -0.25) is 4.90 Å². The van der Waals surface area contributed by atoms with Gasteiger partial charge in [-0.2, -0.15) is 4.52 Å². The molecule has 0 bridgehead atoms. The van der Waals surface area contributed by atoms with Crippen molar-refractivity contribution in [2.24, 2.45) is 0 Å². The van der Waals surface area contributed by atoms with Crippen molar-refractivity contribution in [1.82, 2.24) is 19.5 Å². The van der Waals surface area contributed by atoms with Gasteiger partial charge in [-0.1, -0.05) is 48.1 Å². The fraction of sp³-hybridized carbons (Fsp3) is 0.304. The number of rotatable bonds is 5. The largest absolute Gasteiger partial charge is 0.492 e. The third kappa shape index (κ3) is 3.83. The molecular weight excluding hydrogens is 449 g/mol. The molecule has 0 spiro atoms. The van der Waals surface area contributed by atoms with Crippen molar-refractivity contribution in [2.75, 3.05) is 31.1 Å². The first-order valence-electron chi connectivity index (χ1n) is 10.6. The van der Waals surface area contributed by atoms with Crippen LogP contribution in [0.15, 0.2) is 48.5 Å². The number of piperazine rings is 1. The van der Waals surface area contributed by atoms with Crippen LogP contribution in [-0.2, 0) is 6.42 Å². The first-order valence-corrected chi connectivity index (χ1v) is 11.8. The first-order chi connectivity index (χ1) is 15.5. The van der Waals surface area contributed by atoms with Gasteiger partial charge in [0.1, 0.15) is 5.82 Å². The molecule has 0 saturated carbocycles. The van der Waals surface area contributed by atoms with Crippen molar-refractivity contribution < 1.29 is 9.50 Å². The highest BCUT2D eigenvalue weighted by Gasteiger charge is 2.33. The average Bonchev–Trinajstić information content (AvgIpc) is 3.35. The zero-order valence-corrected chi connectivity index (χ0v) is 19.2. The lowest BCUT2D eigenvalue weighted by Crippen LogP contribution is -2.47. The van der Waals surface area contributed by atoms with Crippen molar-refractivity contribution >= 4 is 33.6 Å². The second kappa shape index (κ2) is 8.69. The molecular formula is C23H23ClFN5OS. The Morgan fingerprint density at radius 1 is 1.09 bits per heavy atom. The molecule has 32 heavy (non-hydrogen) atoms. The van der Waals surface area contributed by atoms with Crippen LogP contribution in [0.2, 0.25) is 5.02 Å². The van der Waals surface area contributed by atoms with E-state index in [1.165, 1.54) is 28.0 Å². The fourth-order valence-corrected chi connectivity index (χ4v) is 5.58. The Hall–Kier alpha value is -2.68. The summed E-state index contributed by atoms with van der Waals surface area (Å²) in [7, 11) is 0. The summed E-state index contributed by atoms with van der Waals surface area (Å²) in [6.07, 6.45) is 0.711. The van der Waals surface area contributed by atoms with Crippen LogP contribution in [0.5, 0.6) is 5.88 Å². The minimum absolute atomic E-state index is 0.114. The molecule has 6 nitrogen and oxygen atoms in total. The summed E-state index contributed by atoms with van der Waals surface area (Å²) in [5.74, 6) is 0.590. The van der Waals surface area contributed by atoms with E-state index in [9.17, 15) is 9.50 Å². The molecule has 2 aromatic carbocycles. The van der Waals surface area contributed by atoms with E-state index in [1.54, 1.807) is 0 Å². The Bertz CT molecular complexity index is 1230. The van der Waals surface area contributed by atoms with Crippen LogP contribution in [0.3, 0.4) is 0 Å². The second-order valence-electron chi connectivity index (χ2n) is 7.79. The molecule has 1 unspecified atom stereocenters. The highest BCUT2D eigenvalue weighted by atomic mass is 35.5. The maximum absolute atomic E-state index is 13.3. The lowest BCUT2D eigenvalue weighted by Gasteiger charge is -2.40. The van der Waals surface area contributed by atoms with E-state index in [1.807, 2.05) is 43.3 Å². The molecule has 3 heterocycles. The first kappa shape index (κ1) is 21.2. The van der Waals surface area contributed by atoms with E-state index in [-0.39, 0.29) is 17.7 Å². The molecule has 0 aliphatic carbocycles. The monoisotopic (exact) mass is 471 g/mol. The minimum atomic E-state index is -0.232. The summed E-state index contributed by atoms with van der Waals surface area (Å²) < 4.78 is 14.8. The number of thiazole rings is 1. The van der Waals surface area contributed by atoms with Crippen LogP contribution < -0.4 is 4.90 Å². The smallest absolute Gasteiger partial charge is 0.230 e. The van der Waals surface area contributed by atoms with Crippen molar-refractivity contribution in [1.29, 1.82) is 0 Å². The van der Waals surface area contributed by atoms with Gasteiger partial charge in [-0.25, -0.2) is 9.37 Å². The predicted octanol–water partition coefficient (Wildman–Crippen LogP) is 4.76. The molecule has 1 aliphatic rings. The molecule has 1 saturated heterocycles. The third-order valence-electron chi connectivity index (χ3n) is 5.88. The van der Waals surface area contributed by atoms with E-state index in [2.05, 4.69) is 19.9 Å². The van der Waals surface area contributed by atoms with Crippen LogP contribution in [-0.4, -0.2) is 50.8 Å². The zero-order chi connectivity index (χ0) is 22.2. The number of benzene rings is 2. The molecule has 2 aromatic heterocycles. The summed E-state index contributed by atoms with van der Waals surface area (Å²) >= 11 is 8.06. The van der Waals surface area contributed by atoms with Crippen LogP contribution in [0.25, 0.3) is 4.96 Å². The Kier molecular flexibility index (Phi) is 5.75. The number of aromatic nitrogens is 3. The third-order valence-corrected chi connectivity index (χ3v) is 7.30. The number of anilines is 1. The van der Waals surface area contributed by atoms with E-state index in [0.29, 0.717) is 22.2 Å². The van der Waals surface area contributed by atoms with Gasteiger partial charge in [0.05, 0.1) is 10.9 Å². The van der Waals surface area contributed by atoms with Gasteiger partial charge in [0.15, 0.2) is 5.82 Å². The number of fused-ring (bicyclic) bond motifs is 1. The molecule has 1 aliphatic heterocycles. The van der Waals surface area contributed by atoms with E-state index in [4.69, 9.17) is 11.6 Å². The summed E-state index contributed by atoms with van der Waals surface area (Å²) in [6, 6.07) is 14.2. The molecule has 1 N–H and O–H groups in total. The van der Waals surface area contributed by atoms with Crippen LogP contribution in [0, 0.1) is 5.82 Å². The number of aryl methyl sites for hydroxylation is 1. The molecule has 9 heteroatoms. The van der Waals surface area contributed by atoms with Crippen LogP contribution in [0.1, 0.15) is 29.2 Å². The summed E-state index contributed by atoms with van der Waals surface area (Å²) in [4.78, 5) is 10.6. The highest BCUT2D eigenvalue weighted by molar-refractivity contribution is 7.17. The lowest BCUT2D eigenvalue weighted by molar-refractivity contribution is 0.211. The molecule has 5 rings (SSSR count). The molecule has 0 amide bonds. The standard InChI is InChI=1S/C23H23ClFN5OS/c1-2-19-26-23-30(27-19)22(31)21(32-23)20(17-5-3-4-6-18(17)24)29-13-11-28(12-14-29)16-9-7-15(25)8-10-16/h3-10,20,31H,2,11-14H2,1H3. The Balaban J connectivity index is 1.48. The number of aromatic hydroxyl groups is 1. The maximum atomic E-state index is 13.3. The van der Waals surface area contributed by atoms with E-state index < -0.39 is 0 Å². The SMILES string of the molecule is CCc1nc2sc(C(c3ccccc3Cl)N3CCN(c4ccc(F)cc4)CC3)c(O)n2n1. The molecule has 4 aromatic rings. The van der Waals surface area contributed by atoms with Crippen LogP contribution in [0.4, 0.5) is 10.1 Å². The minimum Gasteiger partial charge on any atom is -0.492 e. The predicted molar refractivity (Wildman–Crippen MR) is 125 cm³/mol. The van der Waals surface area contributed by atoms with Gasteiger partial charge in [0.25, 0.3) is 0 Å². The molecule has 0 radical (unpaired) electrons. The summed E-state index contributed by atoms with van der Waals surface area (Å²) in [5.41, 5.74) is 1.95. The summed E-state index contributed by atoms with van der Waals surface area (Å²) in [6.45, 7) is 5.09. The lowest BCUT2D eigenvalue weighted by atomic mass is 10.0. The quantitative estimate of drug-likeness (QED) is 0.454. The van der Waals surface area contributed by atoms with Crippen molar-refractivity contribution in [3.63, 3.8) is 0 Å². The molecule has 1 fully saturated rings. The van der Waals surface area contributed by atoms with E-state index in [0.717, 1.165) is 42.3 Å². The van der Waals surface area contributed by atoms with Crippen LogP contribution >= 0.6 is 22.9 Å². The number of halogens is 2. The van der Waals surface area contributed by atoms with E-state index >= 15 is 0 Å². The van der Waals surface area contributed by atoms with Gasteiger partial charge in [-0.05, 0) is 35.9 Å². The normalized spacial score (nSPS) is 16.0. The number of hydrogen-bond acceptors (Lipinski definition) is 6. The molecule has 1 atom stereocenters. The van der Waals surface area contributed by atoms with Gasteiger partial charge in [-0.15, -0.1) is 5.10 Å². The van der Waals surface area contributed by atoms with Gasteiger partial charge < -0.3 is 10.0 Å². The van der Waals surface area contributed by atoms with Gasteiger partial charge in [0, 0.05) is 43.3 Å². The Labute approximate surface area is 194 Å². The summed E-state index contributed by atoms with van der Waals surface area (Å²) in [5, 5.41) is 16.2. The van der Waals surface area contributed by atoms with Gasteiger partial charge >= 0.3 is 0 Å².